The number of carboxylic acid groups (broad SMARTS) is 1. The Kier molecular flexibility index (Phi) is 5.17. The summed E-state index contributed by atoms with van der Waals surface area (Å²) in [6.45, 7) is 4.02. The number of carbonyl (C=O) groups is 1. The molecule has 144 valence electrons. The average molecular weight is 433 g/mol. The van der Waals surface area contributed by atoms with Crippen molar-refractivity contribution in [1.29, 1.82) is 0 Å². The number of halogens is 2. The molecule has 2 heterocycles. The number of benzene rings is 2. The number of thioether (sulfide) groups is 1. The molecule has 1 N–H and O–H groups in total. The molecular formula is C21H18Cl2N2O2S. The van der Waals surface area contributed by atoms with Crippen LogP contribution in [0, 0.1) is 5.92 Å². The summed E-state index contributed by atoms with van der Waals surface area (Å²) in [4.78, 5) is 19.2. The van der Waals surface area contributed by atoms with E-state index in [-0.39, 0.29) is 18.0 Å². The molecule has 2 aliphatic rings. The maximum atomic E-state index is 11.8. The van der Waals surface area contributed by atoms with Crippen LogP contribution in [0.2, 0.25) is 10.0 Å². The van der Waals surface area contributed by atoms with Gasteiger partial charge in [-0.05, 0) is 53.1 Å². The third-order valence-electron chi connectivity index (χ3n) is 4.88. The Labute approximate surface area is 177 Å². The zero-order valence-corrected chi connectivity index (χ0v) is 17.6. The van der Waals surface area contributed by atoms with Gasteiger partial charge in [0.25, 0.3) is 0 Å². The van der Waals surface area contributed by atoms with Gasteiger partial charge in [-0.25, -0.2) is 4.79 Å². The fraction of sp³-hybridized carbons (Fsp3) is 0.238. The smallest absolute Gasteiger partial charge is 0.344 e. The van der Waals surface area contributed by atoms with Gasteiger partial charge in [0.05, 0.1) is 6.04 Å². The highest BCUT2D eigenvalue weighted by molar-refractivity contribution is 8.18. The van der Waals surface area contributed by atoms with E-state index in [1.165, 1.54) is 11.8 Å². The summed E-state index contributed by atoms with van der Waals surface area (Å²) < 4.78 is 0. The second kappa shape index (κ2) is 7.47. The minimum atomic E-state index is -0.913. The predicted octanol–water partition coefficient (Wildman–Crippen LogP) is 6.15. The van der Waals surface area contributed by atoms with Crippen molar-refractivity contribution in [2.75, 3.05) is 0 Å². The van der Waals surface area contributed by atoms with Crippen LogP contribution in [0.1, 0.15) is 37.1 Å². The molecule has 2 aromatic carbocycles. The highest BCUT2D eigenvalue weighted by Gasteiger charge is 2.47. The van der Waals surface area contributed by atoms with Gasteiger partial charge in [0.15, 0.2) is 5.17 Å². The molecule has 0 unspecified atom stereocenters. The first kappa shape index (κ1) is 19.4. The number of aliphatic carboxylic acids is 1. The predicted molar refractivity (Wildman–Crippen MR) is 115 cm³/mol. The maximum absolute atomic E-state index is 11.8. The van der Waals surface area contributed by atoms with Crippen LogP contribution in [-0.4, -0.2) is 21.1 Å². The van der Waals surface area contributed by atoms with Crippen molar-refractivity contribution in [3.63, 3.8) is 0 Å². The van der Waals surface area contributed by atoms with Crippen molar-refractivity contribution in [3.8, 4) is 0 Å². The number of aliphatic imine (C=N–C) groups is 1. The summed E-state index contributed by atoms with van der Waals surface area (Å²) in [5, 5.41) is 11.8. The fourth-order valence-corrected chi connectivity index (χ4v) is 5.13. The normalized spacial score (nSPS) is 21.3. The molecule has 0 aromatic heterocycles. The molecule has 4 rings (SSSR count). The van der Waals surface area contributed by atoms with E-state index in [9.17, 15) is 9.90 Å². The van der Waals surface area contributed by atoms with Crippen LogP contribution < -0.4 is 0 Å². The van der Waals surface area contributed by atoms with E-state index in [0.717, 1.165) is 22.0 Å². The summed E-state index contributed by atoms with van der Waals surface area (Å²) in [7, 11) is 0. The van der Waals surface area contributed by atoms with Gasteiger partial charge in [0.2, 0.25) is 0 Å². The van der Waals surface area contributed by atoms with Crippen molar-refractivity contribution in [3.05, 3.63) is 80.3 Å². The number of fused-ring (bicyclic) bond motifs is 1. The lowest BCUT2D eigenvalue weighted by molar-refractivity contribution is -0.131. The van der Waals surface area contributed by atoms with Crippen molar-refractivity contribution >= 4 is 46.1 Å². The first-order valence-corrected chi connectivity index (χ1v) is 10.5. The molecule has 2 aliphatic heterocycles. The number of allylic oxidation sites excluding steroid dienone is 1. The topological polar surface area (TPSA) is 52.9 Å². The molecule has 7 heteroatoms. The van der Waals surface area contributed by atoms with Gasteiger partial charge in [0, 0.05) is 15.7 Å². The Morgan fingerprint density at radius 1 is 1.04 bits per heavy atom. The maximum Gasteiger partial charge on any atom is 0.344 e. The van der Waals surface area contributed by atoms with Crippen LogP contribution in [0.3, 0.4) is 0 Å². The third-order valence-corrected chi connectivity index (χ3v) is 6.46. The van der Waals surface area contributed by atoms with E-state index in [0.29, 0.717) is 15.0 Å². The van der Waals surface area contributed by atoms with Gasteiger partial charge in [0.1, 0.15) is 10.9 Å². The van der Waals surface area contributed by atoms with Gasteiger partial charge in [-0.3, -0.25) is 4.99 Å². The highest BCUT2D eigenvalue weighted by atomic mass is 35.5. The number of amidine groups is 1. The molecule has 4 nitrogen and oxygen atoms in total. The first-order chi connectivity index (χ1) is 13.4. The van der Waals surface area contributed by atoms with E-state index in [1.54, 1.807) is 0 Å². The molecule has 2 atom stereocenters. The van der Waals surface area contributed by atoms with E-state index < -0.39 is 5.97 Å². The molecule has 0 fully saturated rings. The van der Waals surface area contributed by atoms with Crippen molar-refractivity contribution < 1.29 is 9.90 Å². The molecule has 28 heavy (non-hydrogen) atoms. The van der Waals surface area contributed by atoms with Crippen molar-refractivity contribution in [2.45, 2.75) is 25.9 Å². The molecule has 0 amide bonds. The van der Waals surface area contributed by atoms with Gasteiger partial charge >= 0.3 is 5.97 Å². The lowest BCUT2D eigenvalue weighted by Crippen LogP contribution is -2.29. The summed E-state index contributed by atoms with van der Waals surface area (Å²) in [5.41, 5.74) is 2.87. The highest BCUT2D eigenvalue weighted by Crippen LogP contribution is 2.53. The van der Waals surface area contributed by atoms with Crippen LogP contribution >= 0.6 is 35.0 Å². The molecular weight excluding hydrogens is 415 g/mol. The lowest BCUT2D eigenvalue weighted by atomic mass is 9.92. The molecule has 0 saturated heterocycles. The standard InChI is InChI=1S/C21H18Cl2N2O2S/c1-11(2)17-19(20(26)27)28-21-24-16(12-3-7-14(22)8-4-12)18(25(17)21)13-5-9-15(23)10-6-13/h3-11,16,18H,1-2H3,(H,26,27)/t16-,18+/m0/s1. The van der Waals surface area contributed by atoms with Crippen molar-refractivity contribution in [1.82, 2.24) is 4.90 Å². The zero-order chi connectivity index (χ0) is 20.0. The van der Waals surface area contributed by atoms with E-state index in [4.69, 9.17) is 28.2 Å². The summed E-state index contributed by atoms with van der Waals surface area (Å²) in [6, 6.07) is 15.0. The van der Waals surface area contributed by atoms with Gasteiger partial charge in [-0.1, -0.05) is 61.3 Å². The molecule has 0 aliphatic carbocycles. The minimum Gasteiger partial charge on any atom is -0.477 e. The number of hydrogen-bond acceptors (Lipinski definition) is 4. The van der Waals surface area contributed by atoms with Crippen LogP contribution in [0.4, 0.5) is 0 Å². The Hall–Kier alpha value is -1.95. The molecule has 0 saturated carbocycles. The molecule has 0 radical (unpaired) electrons. The molecule has 0 spiro atoms. The lowest BCUT2D eigenvalue weighted by Gasteiger charge is -2.31. The quantitative estimate of drug-likeness (QED) is 0.629. The van der Waals surface area contributed by atoms with E-state index in [2.05, 4.69) is 4.90 Å². The van der Waals surface area contributed by atoms with Gasteiger partial charge in [-0.2, -0.15) is 0 Å². The third kappa shape index (κ3) is 3.32. The first-order valence-electron chi connectivity index (χ1n) is 8.90. The number of rotatable bonds is 4. The number of hydrogen-bond donors (Lipinski definition) is 1. The monoisotopic (exact) mass is 432 g/mol. The van der Waals surface area contributed by atoms with Crippen LogP contribution in [-0.2, 0) is 4.79 Å². The minimum absolute atomic E-state index is 0.0464. The summed E-state index contributed by atoms with van der Waals surface area (Å²) in [5.74, 6) is -0.867. The zero-order valence-electron chi connectivity index (χ0n) is 15.3. The van der Waals surface area contributed by atoms with Crippen LogP contribution in [0.5, 0.6) is 0 Å². The summed E-state index contributed by atoms with van der Waals surface area (Å²) in [6.07, 6.45) is 0. The number of carboxylic acids is 1. The Balaban J connectivity index is 1.85. The summed E-state index contributed by atoms with van der Waals surface area (Å²) >= 11 is 13.4. The largest absolute Gasteiger partial charge is 0.477 e. The van der Waals surface area contributed by atoms with E-state index >= 15 is 0 Å². The van der Waals surface area contributed by atoms with Gasteiger partial charge in [-0.15, -0.1) is 0 Å². The Morgan fingerprint density at radius 3 is 2.07 bits per heavy atom. The van der Waals surface area contributed by atoms with Crippen LogP contribution in [0.15, 0.2) is 64.1 Å². The van der Waals surface area contributed by atoms with E-state index in [1.807, 2.05) is 62.4 Å². The van der Waals surface area contributed by atoms with Crippen LogP contribution in [0.25, 0.3) is 0 Å². The van der Waals surface area contributed by atoms with Gasteiger partial charge < -0.3 is 10.0 Å². The Bertz CT molecular complexity index is 984. The second-order valence-electron chi connectivity index (χ2n) is 7.05. The Morgan fingerprint density at radius 2 is 1.57 bits per heavy atom. The molecule has 2 aromatic rings. The average Bonchev–Trinajstić information content (AvgIpc) is 3.19. The second-order valence-corrected chi connectivity index (χ2v) is 8.90. The number of nitrogens with zero attached hydrogens (tertiary/aromatic N) is 2. The van der Waals surface area contributed by atoms with Crippen molar-refractivity contribution in [2.24, 2.45) is 10.9 Å². The SMILES string of the molecule is CC(C)C1=C(C(=O)O)SC2=N[C@@H](c3ccc(Cl)cc3)[C@@H](c3ccc(Cl)cc3)N21. The fourth-order valence-electron chi connectivity index (χ4n) is 3.70. The molecule has 0 bridgehead atoms.